The van der Waals surface area contributed by atoms with Crippen LogP contribution in [0.15, 0.2) is 18.2 Å². The van der Waals surface area contributed by atoms with Crippen LogP contribution in [0.3, 0.4) is 0 Å². The van der Waals surface area contributed by atoms with Gasteiger partial charge in [-0.1, -0.05) is 6.07 Å². The highest BCUT2D eigenvalue weighted by molar-refractivity contribution is 5.70. The maximum absolute atomic E-state index is 12.6. The van der Waals surface area contributed by atoms with Gasteiger partial charge in [0.1, 0.15) is 5.60 Å². The monoisotopic (exact) mass is 371 g/mol. The first kappa shape index (κ1) is 18.6. The van der Waals surface area contributed by atoms with E-state index in [0.29, 0.717) is 6.04 Å². The molecule has 5 nitrogen and oxygen atoms in total. The zero-order valence-electron chi connectivity index (χ0n) is 17.1. The van der Waals surface area contributed by atoms with Crippen molar-refractivity contribution in [1.82, 2.24) is 10.2 Å². The molecule has 2 fully saturated rings. The van der Waals surface area contributed by atoms with Crippen LogP contribution in [0.2, 0.25) is 0 Å². The fourth-order valence-electron chi connectivity index (χ4n) is 4.91. The number of carbonyl (C=O) groups excluding carboxylic acids is 1. The molecule has 2 heterocycles. The van der Waals surface area contributed by atoms with Gasteiger partial charge in [0.25, 0.3) is 0 Å². The van der Waals surface area contributed by atoms with E-state index < -0.39 is 5.60 Å². The van der Waals surface area contributed by atoms with Gasteiger partial charge in [-0.2, -0.15) is 0 Å². The van der Waals surface area contributed by atoms with Gasteiger partial charge in [-0.05, 0) is 83.2 Å². The van der Waals surface area contributed by atoms with Crippen LogP contribution in [0.1, 0.15) is 51.2 Å². The summed E-state index contributed by atoms with van der Waals surface area (Å²) in [6, 6.07) is 8.13. The SMILES string of the molecule is CNC1CCc2cc(N3CC4CCC(C3)N4C(=O)OC(C)(C)C)ccc2C1. The highest BCUT2D eigenvalue weighted by atomic mass is 16.6. The number of benzene rings is 1. The van der Waals surface area contributed by atoms with E-state index in [1.54, 1.807) is 0 Å². The Balaban J connectivity index is 1.47. The lowest BCUT2D eigenvalue weighted by Crippen LogP contribution is -2.56. The first-order valence-electron chi connectivity index (χ1n) is 10.4. The Labute approximate surface area is 163 Å². The minimum Gasteiger partial charge on any atom is -0.444 e. The second-order valence-electron chi connectivity index (χ2n) is 9.36. The minimum absolute atomic E-state index is 0.141. The molecule has 0 radical (unpaired) electrons. The summed E-state index contributed by atoms with van der Waals surface area (Å²) in [4.78, 5) is 17.1. The van der Waals surface area contributed by atoms with E-state index in [-0.39, 0.29) is 18.2 Å². The third-order valence-corrected chi connectivity index (χ3v) is 6.28. The average Bonchev–Trinajstić information content (AvgIpc) is 2.89. The third-order valence-electron chi connectivity index (χ3n) is 6.28. The largest absolute Gasteiger partial charge is 0.444 e. The van der Waals surface area contributed by atoms with Crippen molar-refractivity contribution in [2.45, 2.75) is 76.6 Å². The number of ether oxygens (including phenoxy) is 1. The number of hydrogen-bond acceptors (Lipinski definition) is 4. The number of nitrogens with zero attached hydrogens (tertiary/aromatic N) is 2. The number of anilines is 1. The van der Waals surface area contributed by atoms with E-state index in [9.17, 15) is 4.79 Å². The van der Waals surface area contributed by atoms with Crippen LogP contribution in [-0.4, -0.2) is 54.9 Å². The van der Waals surface area contributed by atoms with Crippen LogP contribution in [0.4, 0.5) is 10.5 Å². The molecule has 0 saturated carbocycles. The number of nitrogens with one attached hydrogen (secondary N) is 1. The van der Waals surface area contributed by atoms with Gasteiger partial charge in [-0.25, -0.2) is 4.79 Å². The number of rotatable bonds is 2. The molecule has 0 spiro atoms. The second kappa shape index (κ2) is 7.01. The van der Waals surface area contributed by atoms with E-state index in [4.69, 9.17) is 4.74 Å². The summed E-state index contributed by atoms with van der Waals surface area (Å²) in [6.07, 6.45) is 5.51. The Morgan fingerprint density at radius 2 is 1.81 bits per heavy atom. The Morgan fingerprint density at radius 1 is 1.11 bits per heavy atom. The quantitative estimate of drug-likeness (QED) is 0.866. The molecule has 1 aromatic rings. The fraction of sp³-hybridized carbons (Fsp3) is 0.682. The van der Waals surface area contributed by atoms with Crippen molar-refractivity contribution in [2.24, 2.45) is 0 Å². The molecule has 148 valence electrons. The highest BCUT2D eigenvalue weighted by Crippen LogP contribution is 2.35. The summed E-state index contributed by atoms with van der Waals surface area (Å²) in [5, 5.41) is 3.41. The number of hydrogen-bond donors (Lipinski definition) is 1. The molecule has 2 bridgehead atoms. The normalized spacial score (nSPS) is 27.5. The number of aryl methyl sites for hydroxylation is 1. The number of piperazine rings is 1. The van der Waals surface area contributed by atoms with Crippen molar-refractivity contribution < 1.29 is 9.53 Å². The van der Waals surface area contributed by atoms with Gasteiger partial charge in [0.2, 0.25) is 0 Å². The number of likely N-dealkylation sites (N-methyl/N-ethyl adjacent to an activating group) is 1. The van der Waals surface area contributed by atoms with E-state index in [1.165, 1.54) is 23.2 Å². The van der Waals surface area contributed by atoms with Gasteiger partial charge >= 0.3 is 6.09 Å². The lowest BCUT2D eigenvalue weighted by atomic mass is 9.88. The third kappa shape index (κ3) is 3.79. The molecule has 3 unspecified atom stereocenters. The lowest BCUT2D eigenvalue weighted by Gasteiger charge is -2.42. The van der Waals surface area contributed by atoms with Crippen molar-refractivity contribution >= 4 is 11.8 Å². The molecule has 4 rings (SSSR count). The number of carbonyl (C=O) groups is 1. The van der Waals surface area contributed by atoms with Crippen molar-refractivity contribution in [3.05, 3.63) is 29.3 Å². The maximum Gasteiger partial charge on any atom is 0.410 e. The van der Waals surface area contributed by atoms with Crippen LogP contribution >= 0.6 is 0 Å². The van der Waals surface area contributed by atoms with E-state index in [0.717, 1.165) is 38.8 Å². The van der Waals surface area contributed by atoms with Gasteiger partial charge in [-0.15, -0.1) is 0 Å². The molecule has 1 aromatic carbocycles. The van der Waals surface area contributed by atoms with Crippen molar-refractivity contribution in [1.29, 1.82) is 0 Å². The predicted octanol–water partition coefficient (Wildman–Crippen LogP) is 3.35. The van der Waals surface area contributed by atoms with Crippen LogP contribution in [0.5, 0.6) is 0 Å². The lowest BCUT2D eigenvalue weighted by molar-refractivity contribution is 0.0123. The molecule has 0 aromatic heterocycles. The molecule has 27 heavy (non-hydrogen) atoms. The van der Waals surface area contributed by atoms with Gasteiger partial charge in [0, 0.05) is 24.8 Å². The summed E-state index contributed by atoms with van der Waals surface area (Å²) >= 11 is 0. The van der Waals surface area contributed by atoms with Crippen LogP contribution in [0.25, 0.3) is 0 Å². The summed E-state index contributed by atoms with van der Waals surface area (Å²) in [5.41, 5.74) is 3.87. The Morgan fingerprint density at radius 3 is 2.44 bits per heavy atom. The van der Waals surface area contributed by atoms with Crippen molar-refractivity contribution in [2.75, 3.05) is 25.0 Å². The molecule has 1 amide bonds. The van der Waals surface area contributed by atoms with Crippen LogP contribution < -0.4 is 10.2 Å². The molecule has 5 heteroatoms. The molecule has 3 aliphatic rings. The van der Waals surface area contributed by atoms with E-state index in [1.807, 2.05) is 25.7 Å². The van der Waals surface area contributed by atoms with Gasteiger partial charge in [-0.3, -0.25) is 4.90 Å². The fourth-order valence-corrected chi connectivity index (χ4v) is 4.91. The zero-order chi connectivity index (χ0) is 19.2. The van der Waals surface area contributed by atoms with E-state index >= 15 is 0 Å². The number of amides is 1. The highest BCUT2D eigenvalue weighted by Gasteiger charge is 2.44. The predicted molar refractivity (Wildman–Crippen MR) is 108 cm³/mol. The molecule has 1 aliphatic carbocycles. The summed E-state index contributed by atoms with van der Waals surface area (Å²) in [5.74, 6) is 0. The molecule has 1 N–H and O–H groups in total. The molecule has 2 aliphatic heterocycles. The average molecular weight is 372 g/mol. The first-order chi connectivity index (χ1) is 12.8. The molecule has 3 atom stereocenters. The molecular weight excluding hydrogens is 338 g/mol. The second-order valence-corrected chi connectivity index (χ2v) is 9.36. The maximum atomic E-state index is 12.6. The van der Waals surface area contributed by atoms with Crippen LogP contribution in [0, 0.1) is 0 Å². The zero-order valence-corrected chi connectivity index (χ0v) is 17.1. The van der Waals surface area contributed by atoms with Crippen molar-refractivity contribution in [3.8, 4) is 0 Å². The topological polar surface area (TPSA) is 44.8 Å². The smallest absolute Gasteiger partial charge is 0.410 e. The Hall–Kier alpha value is -1.75. The standard InChI is InChI=1S/C22H33N3O2/c1-22(2,3)27-21(26)25-19-9-10-20(25)14-24(13-19)18-8-6-15-11-17(23-4)7-5-16(15)12-18/h6,8,12,17,19-20,23H,5,7,9-11,13-14H2,1-4H3. The summed E-state index contributed by atoms with van der Waals surface area (Å²) in [7, 11) is 2.06. The summed E-state index contributed by atoms with van der Waals surface area (Å²) < 4.78 is 5.66. The van der Waals surface area contributed by atoms with E-state index in [2.05, 4.69) is 35.5 Å². The Bertz CT molecular complexity index is 698. The van der Waals surface area contributed by atoms with Gasteiger partial charge in [0.05, 0.1) is 12.1 Å². The van der Waals surface area contributed by atoms with Crippen molar-refractivity contribution in [3.63, 3.8) is 0 Å². The molecular formula is C22H33N3O2. The van der Waals surface area contributed by atoms with Gasteiger partial charge < -0.3 is 15.0 Å². The minimum atomic E-state index is -0.433. The molecule has 2 saturated heterocycles. The number of fused-ring (bicyclic) bond motifs is 3. The van der Waals surface area contributed by atoms with Gasteiger partial charge in [0.15, 0.2) is 0 Å². The first-order valence-corrected chi connectivity index (χ1v) is 10.4. The summed E-state index contributed by atoms with van der Waals surface area (Å²) in [6.45, 7) is 7.64. The Kier molecular flexibility index (Phi) is 4.83. The van der Waals surface area contributed by atoms with Crippen LogP contribution in [-0.2, 0) is 17.6 Å².